The van der Waals surface area contributed by atoms with Crippen molar-refractivity contribution in [3.8, 4) is 11.5 Å². The van der Waals surface area contributed by atoms with Gasteiger partial charge in [0.25, 0.3) is 5.91 Å². The molecular formula is C19H21NO5. The summed E-state index contributed by atoms with van der Waals surface area (Å²) in [7, 11) is 1.29. The van der Waals surface area contributed by atoms with Crippen LogP contribution < -0.4 is 14.8 Å². The van der Waals surface area contributed by atoms with Gasteiger partial charge < -0.3 is 19.5 Å². The van der Waals surface area contributed by atoms with Crippen LogP contribution in [0.5, 0.6) is 11.5 Å². The highest BCUT2D eigenvalue weighted by molar-refractivity contribution is 6.01. The summed E-state index contributed by atoms with van der Waals surface area (Å²) in [6.07, 6.45) is 0.874. The van der Waals surface area contributed by atoms with Gasteiger partial charge in [-0.25, -0.2) is 4.79 Å². The van der Waals surface area contributed by atoms with Crippen LogP contribution in [0.4, 0.5) is 5.69 Å². The predicted molar refractivity (Wildman–Crippen MR) is 94.1 cm³/mol. The van der Waals surface area contributed by atoms with Crippen molar-refractivity contribution >= 4 is 17.6 Å². The molecule has 2 aromatic carbocycles. The summed E-state index contributed by atoms with van der Waals surface area (Å²) in [4.78, 5) is 23.9. The van der Waals surface area contributed by atoms with Gasteiger partial charge in [0, 0.05) is 0 Å². The minimum Gasteiger partial charge on any atom is -0.490 e. The number of hydrogen-bond donors (Lipinski definition) is 1. The van der Waals surface area contributed by atoms with Crippen molar-refractivity contribution in [3.63, 3.8) is 0 Å². The van der Waals surface area contributed by atoms with Gasteiger partial charge in [0.15, 0.2) is 18.1 Å². The van der Waals surface area contributed by atoms with Crippen molar-refractivity contribution in [3.05, 3.63) is 54.1 Å². The second-order valence-electron chi connectivity index (χ2n) is 5.17. The number of carbonyl (C=O) groups is 2. The van der Waals surface area contributed by atoms with Gasteiger partial charge in [-0.15, -0.1) is 0 Å². The third-order valence-electron chi connectivity index (χ3n) is 3.28. The molecule has 0 aliphatic carbocycles. The summed E-state index contributed by atoms with van der Waals surface area (Å²) in [5.41, 5.74) is 0.656. The predicted octanol–water partition coefficient (Wildman–Crippen LogP) is 3.28. The fraction of sp³-hybridized carbons (Fsp3) is 0.263. The molecule has 6 heteroatoms. The highest BCUT2D eigenvalue weighted by atomic mass is 16.5. The van der Waals surface area contributed by atoms with E-state index < -0.39 is 5.97 Å². The summed E-state index contributed by atoms with van der Waals surface area (Å²) in [5, 5.41) is 2.65. The Bertz CT molecular complexity index is 729. The van der Waals surface area contributed by atoms with Crippen molar-refractivity contribution in [2.24, 2.45) is 0 Å². The van der Waals surface area contributed by atoms with Gasteiger partial charge in [-0.3, -0.25) is 4.79 Å². The third-order valence-corrected chi connectivity index (χ3v) is 3.28. The Hall–Kier alpha value is -3.02. The van der Waals surface area contributed by atoms with Crippen LogP contribution in [0.15, 0.2) is 48.5 Å². The zero-order valence-electron chi connectivity index (χ0n) is 14.3. The molecule has 1 N–H and O–H groups in total. The number of ether oxygens (including phenoxy) is 3. The largest absolute Gasteiger partial charge is 0.490 e. The molecule has 0 saturated carbocycles. The number of methoxy groups -OCH3 is 1. The monoisotopic (exact) mass is 343 g/mol. The first-order valence-electron chi connectivity index (χ1n) is 7.97. The van der Waals surface area contributed by atoms with E-state index in [0.717, 1.165) is 6.42 Å². The second-order valence-corrected chi connectivity index (χ2v) is 5.17. The van der Waals surface area contributed by atoms with E-state index in [1.807, 2.05) is 13.0 Å². The lowest BCUT2D eigenvalue weighted by Crippen LogP contribution is -2.22. The molecule has 0 radical (unpaired) electrons. The highest BCUT2D eigenvalue weighted by Crippen LogP contribution is 2.26. The van der Waals surface area contributed by atoms with E-state index in [1.165, 1.54) is 7.11 Å². The van der Waals surface area contributed by atoms with Crippen molar-refractivity contribution in [2.45, 2.75) is 13.3 Å². The lowest BCUT2D eigenvalue weighted by Gasteiger charge is -2.13. The minimum absolute atomic E-state index is 0.206. The van der Waals surface area contributed by atoms with Crippen LogP contribution in [0.2, 0.25) is 0 Å². The number of hydrogen-bond acceptors (Lipinski definition) is 5. The van der Waals surface area contributed by atoms with Gasteiger partial charge in [-0.1, -0.05) is 31.2 Å². The maximum atomic E-state index is 12.1. The smallest absolute Gasteiger partial charge is 0.339 e. The molecule has 0 aliphatic rings. The average Bonchev–Trinajstić information content (AvgIpc) is 2.65. The molecule has 0 bridgehead atoms. The Morgan fingerprint density at radius 1 is 0.960 bits per heavy atom. The maximum Gasteiger partial charge on any atom is 0.339 e. The van der Waals surface area contributed by atoms with Gasteiger partial charge in [-0.2, -0.15) is 0 Å². The molecule has 1 amide bonds. The fourth-order valence-corrected chi connectivity index (χ4v) is 2.11. The van der Waals surface area contributed by atoms with E-state index in [2.05, 4.69) is 5.32 Å². The number of benzene rings is 2. The summed E-state index contributed by atoms with van der Waals surface area (Å²) in [6.45, 7) is 2.37. The van der Waals surface area contributed by atoms with Gasteiger partial charge >= 0.3 is 5.97 Å². The normalized spacial score (nSPS) is 10.0. The Kier molecular flexibility index (Phi) is 6.83. The SMILES string of the molecule is CCCOc1ccccc1OCC(=O)Nc1ccccc1C(=O)OC. The van der Waals surface area contributed by atoms with Crippen LogP contribution in [0.3, 0.4) is 0 Å². The topological polar surface area (TPSA) is 73.9 Å². The summed E-state index contributed by atoms with van der Waals surface area (Å²) >= 11 is 0. The zero-order chi connectivity index (χ0) is 18.1. The zero-order valence-corrected chi connectivity index (χ0v) is 14.3. The van der Waals surface area contributed by atoms with Gasteiger partial charge in [-0.05, 0) is 30.7 Å². The first-order chi connectivity index (χ1) is 12.2. The number of carbonyl (C=O) groups excluding carboxylic acids is 2. The van der Waals surface area contributed by atoms with E-state index in [0.29, 0.717) is 23.8 Å². The Morgan fingerprint density at radius 2 is 1.60 bits per heavy atom. The van der Waals surface area contributed by atoms with Crippen molar-refractivity contribution in [1.82, 2.24) is 0 Å². The third kappa shape index (κ3) is 5.24. The second kappa shape index (κ2) is 9.32. The van der Waals surface area contributed by atoms with E-state index in [1.54, 1.807) is 42.5 Å². The first kappa shape index (κ1) is 18.3. The van der Waals surface area contributed by atoms with Gasteiger partial charge in [0.05, 0.1) is 25.0 Å². The summed E-state index contributed by atoms with van der Waals surface area (Å²) in [6, 6.07) is 13.8. The molecule has 0 heterocycles. The van der Waals surface area contributed by atoms with Crippen LogP contribution >= 0.6 is 0 Å². The Labute approximate surface area is 146 Å². The van der Waals surface area contributed by atoms with Crippen molar-refractivity contribution in [1.29, 1.82) is 0 Å². The molecule has 0 aromatic heterocycles. The molecule has 0 atom stereocenters. The van der Waals surface area contributed by atoms with Gasteiger partial charge in [0.2, 0.25) is 0 Å². The van der Waals surface area contributed by atoms with E-state index in [-0.39, 0.29) is 18.1 Å². The molecule has 2 aromatic rings. The summed E-state index contributed by atoms with van der Waals surface area (Å²) < 4.78 is 15.8. The van der Waals surface area contributed by atoms with Crippen LogP contribution in [-0.2, 0) is 9.53 Å². The molecule has 2 rings (SSSR count). The van der Waals surface area contributed by atoms with Crippen LogP contribution in [-0.4, -0.2) is 32.2 Å². The number of nitrogens with one attached hydrogen (secondary N) is 1. The molecule has 25 heavy (non-hydrogen) atoms. The van der Waals surface area contributed by atoms with Gasteiger partial charge in [0.1, 0.15) is 0 Å². The number of amides is 1. The van der Waals surface area contributed by atoms with E-state index >= 15 is 0 Å². The standard InChI is InChI=1S/C19H21NO5/c1-3-12-24-16-10-6-7-11-17(16)25-13-18(21)20-15-9-5-4-8-14(15)19(22)23-2/h4-11H,3,12-13H2,1-2H3,(H,20,21). The van der Waals surface area contributed by atoms with E-state index in [4.69, 9.17) is 14.2 Å². The van der Waals surface area contributed by atoms with Crippen molar-refractivity contribution in [2.75, 3.05) is 25.6 Å². The molecule has 0 saturated heterocycles. The van der Waals surface area contributed by atoms with Crippen LogP contribution in [0, 0.1) is 0 Å². The minimum atomic E-state index is -0.518. The Balaban J connectivity index is 1.99. The lowest BCUT2D eigenvalue weighted by atomic mass is 10.2. The molecule has 0 unspecified atom stereocenters. The fourth-order valence-electron chi connectivity index (χ4n) is 2.11. The average molecular weight is 343 g/mol. The molecule has 0 spiro atoms. The maximum absolute atomic E-state index is 12.1. The quantitative estimate of drug-likeness (QED) is 0.745. The highest BCUT2D eigenvalue weighted by Gasteiger charge is 2.14. The number of para-hydroxylation sites is 3. The molecule has 132 valence electrons. The lowest BCUT2D eigenvalue weighted by molar-refractivity contribution is -0.118. The van der Waals surface area contributed by atoms with Crippen LogP contribution in [0.25, 0.3) is 0 Å². The number of rotatable bonds is 8. The summed E-state index contributed by atoms with van der Waals surface area (Å²) in [5.74, 6) is 0.177. The molecule has 6 nitrogen and oxygen atoms in total. The number of anilines is 1. The molecular weight excluding hydrogens is 322 g/mol. The molecule has 0 aliphatic heterocycles. The molecule has 0 fully saturated rings. The first-order valence-corrected chi connectivity index (χ1v) is 7.97. The van der Waals surface area contributed by atoms with Crippen LogP contribution in [0.1, 0.15) is 23.7 Å². The number of esters is 1. The van der Waals surface area contributed by atoms with Crippen molar-refractivity contribution < 1.29 is 23.8 Å². The Morgan fingerprint density at radius 3 is 2.28 bits per heavy atom. The van der Waals surface area contributed by atoms with E-state index in [9.17, 15) is 9.59 Å².